The average molecular weight is 863 g/mol. The van der Waals surface area contributed by atoms with Gasteiger partial charge in [0.1, 0.15) is 13.2 Å². The first-order valence-corrected chi connectivity index (χ1v) is 25.6. The monoisotopic (exact) mass is 863 g/mol. The first-order valence-electron chi connectivity index (χ1n) is 25.6. The summed E-state index contributed by atoms with van der Waals surface area (Å²) in [6, 6.07) is 0. The number of rotatable bonds is 45. The minimum Gasteiger partial charge on any atom is -0.462 e. The van der Waals surface area contributed by atoms with Crippen molar-refractivity contribution in [3.63, 3.8) is 0 Å². The molecule has 62 heavy (non-hydrogen) atoms. The van der Waals surface area contributed by atoms with Gasteiger partial charge in [-0.15, -0.1) is 0 Å². The summed E-state index contributed by atoms with van der Waals surface area (Å²) in [5.41, 5.74) is 0. The third-order valence-corrected chi connectivity index (χ3v) is 10.6. The zero-order valence-corrected chi connectivity index (χ0v) is 40.4. The molecule has 0 aromatic rings. The molecule has 0 N–H and O–H groups in total. The maximum absolute atomic E-state index is 12.8. The van der Waals surface area contributed by atoms with Crippen molar-refractivity contribution in [2.24, 2.45) is 0 Å². The van der Waals surface area contributed by atoms with E-state index >= 15 is 0 Å². The first-order chi connectivity index (χ1) is 30.5. The van der Waals surface area contributed by atoms with E-state index in [2.05, 4.69) is 106 Å². The zero-order chi connectivity index (χ0) is 45.1. The Balaban J connectivity index is 4.44. The van der Waals surface area contributed by atoms with Gasteiger partial charge < -0.3 is 14.2 Å². The predicted molar refractivity (Wildman–Crippen MR) is 265 cm³/mol. The van der Waals surface area contributed by atoms with Crippen molar-refractivity contribution < 1.29 is 28.6 Å². The summed E-state index contributed by atoms with van der Waals surface area (Å²) in [6.45, 7) is 6.41. The van der Waals surface area contributed by atoms with E-state index in [1.807, 2.05) is 0 Å². The summed E-state index contributed by atoms with van der Waals surface area (Å²) >= 11 is 0. The van der Waals surface area contributed by atoms with Crippen LogP contribution in [0.15, 0.2) is 85.1 Å². The van der Waals surface area contributed by atoms with E-state index in [-0.39, 0.29) is 31.1 Å². The number of hydrogen-bond acceptors (Lipinski definition) is 6. The standard InChI is InChI=1S/C56H94O6/c1-4-7-10-13-16-19-22-25-26-27-28-29-30-32-34-37-40-43-46-49-55(58)61-52-53(51-60-54(57)48-45-42-39-36-33-24-21-18-15-12-9-6-3)62-56(59)50-47-44-41-38-35-31-23-20-17-14-11-8-5-2/h7,10-11,14,16,19-20,23,25-26,28-29,32,34,53H,4-6,8-9,12-13,15,17-18,21-22,24,27,30-31,33,35-52H2,1-3H3/b10-7-,14-11-,19-16-,23-20-,26-25-,29-28-,34-32-. The molecule has 1 atom stereocenters. The Morgan fingerprint density at radius 1 is 0.339 bits per heavy atom. The quantitative estimate of drug-likeness (QED) is 0.0263. The molecule has 6 heteroatoms. The van der Waals surface area contributed by atoms with Crippen LogP contribution >= 0.6 is 0 Å². The van der Waals surface area contributed by atoms with Crippen LogP contribution in [0.5, 0.6) is 0 Å². The second kappa shape index (κ2) is 50.2. The van der Waals surface area contributed by atoms with Crippen molar-refractivity contribution in [3.05, 3.63) is 85.1 Å². The molecular formula is C56H94O6. The van der Waals surface area contributed by atoms with Crippen LogP contribution in [0.1, 0.15) is 233 Å². The summed E-state index contributed by atoms with van der Waals surface area (Å²) in [6.07, 6.45) is 64.2. The van der Waals surface area contributed by atoms with Crippen LogP contribution < -0.4 is 0 Å². The lowest BCUT2D eigenvalue weighted by Crippen LogP contribution is -2.30. The second-order valence-corrected chi connectivity index (χ2v) is 16.7. The van der Waals surface area contributed by atoms with Gasteiger partial charge in [0, 0.05) is 19.3 Å². The maximum atomic E-state index is 12.8. The molecule has 6 nitrogen and oxygen atoms in total. The van der Waals surface area contributed by atoms with Crippen molar-refractivity contribution in [2.75, 3.05) is 13.2 Å². The highest BCUT2D eigenvalue weighted by molar-refractivity contribution is 5.71. The summed E-state index contributed by atoms with van der Waals surface area (Å²) in [5.74, 6) is -0.941. The van der Waals surface area contributed by atoms with Gasteiger partial charge in [-0.3, -0.25) is 14.4 Å². The molecule has 0 radical (unpaired) electrons. The van der Waals surface area contributed by atoms with Gasteiger partial charge in [-0.1, -0.05) is 209 Å². The average Bonchev–Trinajstić information content (AvgIpc) is 3.27. The van der Waals surface area contributed by atoms with Crippen LogP contribution in [0.3, 0.4) is 0 Å². The van der Waals surface area contributed by atoms with Crippen molar-refractivity contribution >= 4 is 17.9 Å². The largest absolute Gasteiger partial charge is 0.462 e. The molecule has 0 fully saturated rings. The second-order valence-electron chi connectivity index (χ2n) is 16.7. The lowest BCUT2D eigenvalue weighted by Gasteiger charge is -2.18. The Hall–Kier alpha value is -3.41. The van der Waals surface area contributed by atoms with Crippen LogP contribution in [0.25, 0.3) is 0 Å². The molecule has 1 unspecified atom stereocenters. The number of hydrogen-bond donors (Lipinski definition) is 0. The third-order valence-electron chi connectivity index (χ3n) is 10.6. The highest BCUT2D eigenvalue weighted by Gasteiger charge is 2.19. The Morgan fingerprint density at radius 2 is 0.661 bits per heavy atom. The van der Waals surface area contributed by atoms with Crippen LogP contribution in [0.4, 0.5) is 0 Å². The van der Waals surface area contributed by atoms with Gasteiger partial charge in [-0.05, 0) is 89.9 Å². The van der Waals surface area contributed by atoms with E-state index in [4.69, 9.17) is 14.2 Å². The van der Waals surface area contributed by atoms with E-state index in [0.29, 0.717) is 19.3 Å². The van der Waals surface area contributed by atoms with Crippen molar-refractivity contribution in [3.8, 4) is 0 Å². The lowest BCUT2D eigenvalue weighted by atomic mass is 10.0. The highest BCUT2D eigenvalue weighted by Crippen LogP contribution is 2.14. The van der Waals surface area contributed by atoms with Gasteiger partial charge in [-0.2, -0.15) is 0 Å². The number of allylic oxidation sites excluding steroid dienone is 14. The minimum absolute atomic E-state index is 0.0920. The molecule has 0 amide bonds. The fourth-order valence-electron chi connectivity index (χ4n) is 6.80. The summed E-state index contributed by atoms with van der Waals surface area (Å²) in [7, 11) is 0. The summed E-state index contributed by atoms with van der Waals surface area (Å²) in [4.78, 5) is 37.9. The Morgan fingerprint density at radius 3 is 1.06 bits per heavy atom. The molecule has 0 saturated heterocycles. The molecule has 0 aliphatic carbocycles. The van der Waals surface area contributed by atoms with Gasteiger partial charge in [-0.25, -0.2) is 0 Å². The van der Waals surface area contributed by atoms with Crippen molar-refractivity contribution in [2.45, 2.75) is 239 Å². The molecule has 0 heterocycles. The zero-order valence-electron chi connectivity index (χ0n) is 40.4. The Kier molecular flexibility index (Phi) is 47.5. The lowest BCUT2D eigenvalue weighted by molar-refractivity contribution is -0.167. The topological polar surface area (TPSA) is 78.9 Å². The van der Waals surface area contributed by atoms with Gasteiger partial charge >= 0.3 is 17.9 Å². The smallest absolute Gasteiger partial charge is 0.306 e. The minimum atomic E-state index is -0.795. The van der Waals surface area contributed by atoms with Crippen LogP contribution in [-0.2, 0) is 28.6 Å². The normalized spacial score (nSPS) is 12.8. The van der Waals surface area contributed by atoms with E-state index in [1.54, 1.807) is 0 Å². The molecule has 0 spiro atoms. The fourth-order valence-corrected chi connectivity index (χ4v) is 6.80. The molecular weight excluding hydrogens is 769 g/mol. The van der Waals surface area contributed by atoms with Crippen LogP contribution in [-0.4, -0.2) is 37.2 Å². The molecule has 0 aliphatic rings. The van der Waals surface area contributed by atoms with E-state index in [1.165, 1.54) is 64.2 Å². The summed E-state index contributed by atoms with van der Waals surface area (Å²) < 4.78 is 16.7. The van der Waals surface area contributed by atoms with Gasteiger partial charge in [0.15, 0.2) is 6.10 Å². The third kappa shape index (κ3) is 47.6. The molecule has 0 aromatic heterocycles. The molecule has 0 rings (SSSR count). The maximum Gasteiger partial charge on any atom is 0.306 e. The van der Waals surface area contributed by atoms with Crippen LogP contribution in [0, 0.1) is 0 Å². The fraction of sp³-hybridized carbons (Fsp3) is 0.696. The number of ether oxygens (including phenoxy) is 3. The Bertz CT molecular complexity index is 1220. The number of carbonyl (C=O) groups excluding carboxylic acids is 3. The number of esters is 3. The van der Waals surface area contributed by atoms with Gasteiger partial charge in [0.05, 0.1) is 0 Å². The SMILES string of the molecule is CC/C=C\C/C=C\C/C=C\C/C=C\C/C=C\CCCCCC(=O)OCC(COC(=O)CCCCCCCCCCCCCC)OC(=O)CCCCCCC/C=C\C/C=C\CCC. The van der Waals surface area contributed by atoms with Gasteiger partial charge in [0.25, 0.3) is 0 Å². The molecule has 0 aromatic carbocycles. The highest BCUT2D eigenvalue weighted by atomic mass is 16.6. The molecule has 354 valence electrons. The first kappa shape index (κ1) is 58.6. The Labute approximate surface area is 382 Å². The van der Waals surface area contributed by atoms with E-state index in [0.717, 1.165) is 128 Å². The predicted octanol–water partition coefficient (Wildman–Crippen LogP) is 16.8. The molecule has 0 bridgehead atoms. The van der Waals surface area contributed by atoms with Gasteiger partial charge in [0.2, 0.25) is 0 Å². The number of unbranched alkanes of at least 4 members (excludes halogenated alkanes) is 20. The van der Waals surface area contributed by atoms with Crippen molar-refractivity contribution in [1.29, 1.82) is 0 Å². The molecule has 0 saturated carbocycles. The van der Waals surface area contributed by atoms with Crippen molar-refractivity contribution in [1.82, 2.24) is 0 Å². The van der Waals surface area contributed by atoms with E-state index < -0.39 is 6.10 Å². The number of carbonyl (C=O) groups is 3. The summed E-state index contributed by atoms with van der Waals surface area (Å²) in [5, 5.41) is 0. The van der Waals surface area contributed by atoms with E-state index in [9.17, 15) is 14.4 Å². The molecule has 0 aliphatic heterocycles. The van der Waals surface area contributed by atoms with Crippen LogP contribution in [0.2, 0.25) is 0 Å².